The summed E-state index contributed by atoms with van der Waals surface area (Å²) in [6.45, 7) is 11.4. The number of nitrogens with zero attached hydrogens (tertiary/aromatic N) is 3. The van der Waals surface area contributed by atoms with Crippen molar-refractivity contribution in [3.8, 4) is 5.69 Å². The number of rotatable bonds is 6. The Morgan fingerprint density at radius 2 is 1.76 bits per heavy atom. The van der Waals surface area contributed by atoms with Gasteiger partial charge in [-0.3, -0.25) is 9.59 Å². The van der Waals surface area contributed by atoms with Crippen molar-refractivity contribution < 1.29 is 9.59 Å². The molecule has 0 aliphatic rings. The molecule has 0 fully saturated rings. The molecule has 0 aliphatic heterocycles. The van der Waals surface area contributed by atoms with Gasteiger partial charge in [0.1, 0.15) is 17.7 Å². The van der Waals surface area contributed by atoms with Gasteiger partial charge in [-0.2, -0.15) is 5.10 Å². The van der Waals surface area contributed by atoms with Crippen LogP contribution in [0, 0.1) is 0 Å². The minimum absolute atomic E-state index is 0.0930. The van der Waals surface area contributed by atoms with E-state index in [1.54, 1.807) is 23.7 Å². The number of hydrogen-bond donors (Lipinski definition) is 1. The van der Waals surface area contributed by atoms with Gasteiger partial charge in [-0.25, -0.2) is 4.68 Å². The maximum atomic E-state index is 12.7. The number of aromatic nitrogens is 2. The van der Waals surface area contributed by atoms with Gasteiger partial charge in [-0.1, -0.05) is 32.4 Å². The lowest BCUT2D eigenvalue weighted by Gasteiger charge is -2.27. The van der Waals surface area contributed by atoms with Crippen LogP contribution < -0.4 is 5.32 Å². The normalized spacial score (nSPS) is 12.7. The molecule has 2 amide bonds. The van der Waals surface area contributed by atoms with Gasteiger partial charge in [0.2, 0.25) is 11.8 Å². The monoisotopic (exact) mass is 438 g/mol. The highest BCUT2D eigenvalue weighted by molar-refractivity contribution is 6.30. The van der Waals surface area contributed by atoms with Crippen LogP contribution in [0.5, 0.6) is 0 Å². The molecule has 0 aliphatic carbocycles. The Hall–Kier alpha value is -2.05. The van der Waals surface area contributed by atoms with E-state index in [9.17, 15) is 9.59 Å². The number of nitrogens with one attached hydrogen (secondary N) is 1. The average molecular weight is 439 g/mol. The van der Waals surface area contributed by atoms with E-state index in [4.69, 9.17) is 23.2 Å². The summed E-state index contributed by atoms with van der Waals surface area (Å²) in [6.07, 6.45) is 0. The van der Waals surface area contributed by atoms with Crippen molar-refractivity contribution in [1.82, 2.24) is 14.7 Å². The maximum absolute atomic E-state index is 12.7. The zero-order valence-corrected chi connectivity index (χ0v) is 19.2. The first-order valence-electron chi connectivity index (χ1n) is 9.51. The van der Waals surface area contributed by atoms with Crippen LogP contribution in [0.2, 0.25) is 5.02 Å². The predicted molar refractivity (Wildman–Crippen MR) is 118 cm³/mol. The zero-order valence-electron chi connectivity index (χ0n) is 17.7. The number of hydrogen-bond acceptors (Lipinski definition) is 3. The lowest BCUT2D eigenvalue weighted by atomic mass is 9.92. The van der Waals surface area contributed by atoms with Crippen molar-refractivity contribution in [1.29, 1.82) is 0 Å². The summed E-state index contributed by atoms with van der Waals surface area (Å²) >= 11 is 11.9. The smallest absolute Gasteiger partial charge is 0.245 e. The molecule has 0 bridgehead atoms. The number of amides is 2. The third-order valence-corrected chi connectivity index (χ3v) is 4.82. The highest BCUT2D eigenvalue weighted by atomic mass is 35.5. The van der Waals surface area contributed by atoms with Gasteiger partial charge in [-0.05, 0) is 45.0 Å². The molecule has 8 heteroatoms. The first-order chi connectivity index (χ1) is 13.4. The van der Waals surface area contributed by atoms with Crippen LogP contribution in [0.15, 0.2) is 30.3 Å². The molecule has 1 N–H and O–H groups in total. The van der Waals surface area contributed by atoms with Crippen molar-refractivity contribution in [2.75, 3.05) is 11.9 Å². The largest absolute Gasteiger partial charge is 0.330 e. The van der Waals surface area contributed by atoms with E-state index < -0.39 is 5.38 Å². The van der Waals surface area contributed by atoms with Crippen LogP contribution in [0.25, 0.3) is 5.69 Å². The Balaban J connectivity index is 2.33. The van der Waals surface area contributed by atoms with Crippen molar-refractivity contribution in [2.24, 2.45) is 0 Å². The molecule has 1 unspecified atom stereocenters. The summed E-state index contributed by atoms with van der Waals surface area (Å²) in [5.74, 6) is -0.0735. The van der Waals surface area contributed by atoms with Crippen molar-refractivity contribution in [3.63, 3.8) is 0 Å². The van der Waals surface area contributed by atoms with Crippen LogP contribution in [-0.2, 0) is 15.0 Å². The van der Waals surface area contributed by atoms with E-state index in [1.807, 2.05) is 52.8 Å². The van der Waals surface area contributed by atoms with Gasteiger partial charge in [-0.15, -0.1) is 11.6 Å². The highest BCUT2D eigenvalue weighted by Crippen LogP contribution is 2.27. The summed E-state index contributed by atoms with van der Waals surface area (Å²) in [7, 11) is 0. The molecule has 1 atom stereocenters. The van der Waals surface area contributed by atoms with Gasteiger partial charge in [0, 0.05) is 22.5 Å². The van der Waals surface area contributed by atoms with E-state index >= 15 is 0 Å². The minimum atomic E-state index is -0.697. The Morgan fingerprint density at radius 3 is 2.24 bits per heavy atom. The number of anilines is 1. The van der Waals surface area contributed by atoms with Crippen LogP contribution in [0.4, 0.5) is 5.82 Å². The summed E-state index contributed by atoms with van der Waals surface area (Å²) in [4.78, 5) is 26.5. The Bertz CT molecular complexity index is 868. The topological polar surface area (TPSA) is 67.2 Å². The predicted octanol–water partition coefficient (Wildman–Crippen LogP) is 4.63. The molecule has 2 rings (SSSR count). The van der Waals surface area contributed by atoms with Gasteiger partial charge in [0.05, 0.1) is 11.4 Å². The fourth-order valence-corrected chi connectivity index (χ4v) is 2.95. The number of alkyl halides is 1. The molecule has 1 aromatic carbocycles. The van der Waals surface area contributed by atoms with Crippen molar-refractivity contribution >= 4 is 40.8 Å². The molecule has 0 saturated carbocycles. The lowest BCUT2D eigenvalue weighted by molar-refractivity contribution is -0.135. The summed E-state index contributed by atoms with van der Waals surface area (Å²) < 4.78 is 1.67. The van der Waals surface area contributed by atoms with Gasteiger partial charge < -0.3 is 10.2 Å². The fourth-order valence-electron chi connectivity index (χ4n) is 2.70. The standard InChI is InChI=1S/C21H28Cl2N4O2/c1-13(2)26(20(29)14(3)22)12-19(28)24-18-11-17(21(4,5)6)25-27(18)16-9-7-15(23)8-10-16/h7-11,13-14H,12H2,1-6H3,(H,24,28). The zero-order chi connectivity index (χ0) is 21.9. The Kier molecular flexibility index (Phi) is 7.35. The van der Waals surface area contributed by atoms with E-state index in [0.29, 0.717) is 10.8 Å². The molecule has 0 saturated heterocycles. The molecule has 158 valence electrons. The third kappa shape index (κ3) is 5.97. The first kappa shape index (κ1) is 23.2. The van der Waals surface area contributed by atoms with Gasteiger partial charge in [0.15, 0.2) is 0 Å². The SMILES string of the molecule is CC(Cl)C(=O)N(CC(=O)Nc1cc(C(C)(C)C)nn1-c1ccc(Cl)cc1)C(C)C. The van der Waals surface area contributed by atoms with Crippen LogP contribution in [-0.4, -0.2) is 44.5 Å². The van der Waals surface area contributed by atoms with Crippen LogP contribution in [0.3, 0.4) is 0 Å². The molecular weight excluding hydrogens is 411 g/mol. The molecule has 1 aromatic heterocycles. The van der Waals surface area contributed by atoms with Gasteiger partial charge >= 0.3 is 0 Å². The van der Waals surface area contributed by atoms with Crippen molar-refractivity contribution in [3.05, 3.63) is 41.0 Å². The molecule has 29 heavy (non-hydrogen) atoms. The van der Waals surface area contributed by atoms with Crippen LogP contribution in [0.1, 0.15) is 47.2 Å². The van der Waals surface area contributed by atoms with Gasteiger partial charge in [0.25, 0.3) is 0 Å². The maximum Gasteiger partial charge on any atom is 0.245 e. The molecule has 0 spiro atoms. The van der Waals surface area contributed by atoms with Crippen molar-refractivity contribution in [2.45, 2.75) is 58.4 Å². The Morgan fingerprint density at radius 1 is 1.17 bits per heavy atom. The Labute approximate surface area is 182 Å². The number of halogens is 2. The lowest BCUT2D eigenvalue weighted by Crippen LogP contribution is -2.45. The quantitative estimate of drug-likeness (QED) is 0.668. The highest BCUT2D eigenvalue weighted by Gasteiger charge is 2.25. The first-order valence-corrected chi connectivity index (χ1v) is 10.3. The van der Waals surface area contributed by atoms with E-state index in [1.165, 1.54) is 4.90 Å². The molecule has 2 aromatic rings. The second-order valence-corrected chi connectivity index (χ2v) is 9.37. The van der Waals surface area contributed by atoms with E-state index in [-0.39, 0.29) is 29.8 Å². The number of carbonyl (C=O) groups excluding carboxylic acids is 2. The summed E-state index contributed by atoms with van der Waals surface area (Å²) in [5.41, 5.74) is 1.39. The second-order valence-electron chi connectivity index (χ2n) is 8.28. The van der Waals surface area contributed by atoms with E-state index in [2.05, 4.69) is 10.4 Å². The molecule has 0 radical (unpaired) electrons. The summed E-state index contributed by atoms with van der Waals surface area (Å²) in [6, 6.07) is 8.88. The number of benzene rings is 1. The minimum Gasteiger partial charge on any atom is -0.330 e. The van der Waals surface area contributed by atoms with Crippen LogP contribution >= 0.6 is 23.2 Å². The molecular formula is C21H28Cl2N4O2. The molecule has 6 nitrogen and oxygen atoms in total. The average Bonchev–Trinajstić information content (AvgIpc) is 3.03. The van der Waals surface area contributed by atoms with E-state index in [0.717, 1.165) is 11.4 Å². The molecule has 1 heterocycles. The third-order valence-electron chi connectivity index (χ3n) is 4.38. The fraction of sp³-hybridized carbons (Fsp3) is 0.476. The number of carbonyl (C=O) groups is 2. The summed E-state index contributed by atoms with van der Waals surface area (Å²) in [5, 5.41) is 7.47. The second kappa shape index (κ2) is 9.18.